The van der Waals surface area contributed by atoms with Gasteiger partial charge in [0, 0.05) is 17.8 Å². The largest absolute Gasteiger partial charge is 0.481 e. The minimum Gasteiger partial charge on any atom is -0.481 e. The molecule has 0 aliphatic carbocycles. The summed E-state index contributed by atoms with van der Waals surface area (Å²) in [6.45, 7) is 0. The van der Waals surface area contributed by atoms with E-state index in [1.165, 1.54) is 19.2 Å². The van der Waals surface area contributed by atoms with Crippen molar-refractivity contribution >= 4 is 11.8 Å². The Kier molecular flexibility index (Phi) is 2.59. The molecule has 0 spiro atoms. The molecule has 0 radical (unpaired) electrons. The number of Topliss-reactive ketones (excluding diaryl/α,β-unsaturated/α-hetero) is 1. The van der Waals surface area contributed by atoms with Crippen molar-refractivity contribution in [2.75, 3.05) is 7.11 Å². The highest BCUT2D eigenvalue weighted by Gasteiger charge is 2.14. The molecule has 0 amide bonds. The maximum atomic E-state index is 10.9. The van der Waals surface area contributed by atoms with Gasteiger partial charge in [0.15, 0.2) is 0 Å². The summed E-state index contributed by atoms with van der Waals surface area (Å²) in [4.78, 5) is 24.8. The maximum Gasteiger partial charge on any atom is 0.377 e. The van der Waals surface area contributed by atoms with E-state index >= 15 is 0 Å². The number of carbonyl (C=O) groups is 2. The highest BCUT2D eigenvalue weighted by Crippen LogP contribution is 2.06. The first-order chi connectivity index (χ1) is 6.15. The van der Waals surface area contributed by atoms with Gasteiger partial charge in [-0.05, 0) is 6.07 Å². The van der Waals surface area contributed by atoms with Crippen molar-refractivity contribution in [1.82, 2.24) is 4.98 Å². The van der Waals surface area contributed by atoms with E-state index in [0.717, 1.165) is 6.20 Å². The molecule has 0 saturated heterocycles. The summed E-state index contributed by atoms with van der Waals surface area (Å²) in [5, 5.41) is 8.35. The standard InChI is InChI=1S/C8H7NO4/c1-13-6-3-2-5(4-9-6)7(10)8(11)12/h2-4H,1H3,(H,11,12). The molecule has 13 heavy (non-hydrogen) atoms. The van der Waals surface area contributed by atoms with Crippen LogP contribution in [-0.2, 0) is 4.79 Å². The fourth-order valence-corrected chi connectivity index (χ4v) is 0.759. The van der Waals surface area contributed by atoms with Gasteiger partial charge in [-0.1, -0.05) is 0 Å². The Hall–Kier alpha value is -1.91. The fourth-order valence-electron chi connectivity index (χ4n) is 0.759. The van der Waals surface area contributed by atoms with Gasteiger partial charge >= 0.3 is 5.97 Å². The van der Waals surface area contributed by atoms with E-state index in [2.05, 4.69) is 4.98 Å². The summed E-state index contributed by atoms with van der Waals surface area (Å²) in [7, 11) is 1.43. The van der Waals surface area contributed by atoms with E-state index < -0.39 is 11.8 Å². The van der Waals surface area contributed by atoms with Crippen molar-refractivity contribution < 1.29 is 19.4 Å². The van der Waals surface area contributed by atoms with Crippen LogP contribution < -0.4 is 4.74 Å². The molecule has 1 heterocycles. The first kappa shape index (κ1) is 9.18. The third-order valence-corrected chi connectivity index (χ3v) is 1.40. The number of hydrogen-bond acceptors (Lipinski definition) is 4. The molecule has 5 nitrogen and oxygen atoms in total. The second kappa shape index (κ2) is 3.66. The van der Waals surface area contributed by atoms with E-state index in [1.807, 2.05) is 0 Å². The summed E-state index contributed by atoms with van der Waals surface area (Å²) >= 11 is 0. The van der Waals surface area contributed by atoms with Gasteiger partial charge in [-0.3, -0.25) is 4.79 Å². The lowest BCUT2D eigenvalue weighted by Crippen LogP contribution is -2.12. The lowest BCUT2D eigenvalue weighted by Gasteiger charge is -1.98. The number of ether oxygens (including phenoxy) is 1. The molecular weight excluding hydrogens is 174 g/mol. The van der Waals surface area contributed by atoms with Crippen LogP contribution in [0.25, 0.3) is 0 Å². The Labute approximate surface area is 74.0 Å². The number of nitrogens with zero attached hydrogens (tertiary/aromatic N) is 1. The molecule has 1 N–H and O–H groups in total. The molecule has 5 heteroatoms. The Bertz CT molecular complexity index is 331. The summed E-state index contributed by atoms with van der Waals surface area (Å²) < 4.78 is 4.74. The summed E-state index contributed by atoms with van der Waals surface area (Å²) in [6, 6.07) is 2.78. The number of ketones is 1. The average molecular weight is 181 g/mol. The normalized spacial score (nSPS) is 9.31. The van der Waals surface area contributed by atoms with Gasteiger partial charge in [0.1, 0.15) is 0 Å². The summed E-state index contributed by atoms with van der Waals surface area (Å²) in [6.07, 6.45) is 1.16. The van der Waals surface area contributed by atoms with E-state index in [9.17, 15) is 9.59 Å². The van der Waals surface area contributed by atoms with Gasteiger partial charge in [-0.25, -0.2) is 9.78 Å². The Morgan fingerprint density at radius 3 is 2.54 bits per heavy atom. The minimum absolute atomic E-state index is 0.0355. The van der Waals surface area contributed by atoms with Crippen LogP contribution in [0.15, 0.2) is 18.3 Å². The molecule has 0 aliphatic rings. The van der Waals surface area contributed by atoms with Gasteiger partial charge in [0.25, 0.3) is 5.78 Å². The van der Waals surface area contributed by atoms with Gasteiger partial charge in [-0.15, -0.1) is 0 Å². The van der Waals surface area contributed by atoms with Crippen LogP contribution in [0.5, 0.6) is 5.88 Å². The molecule has 0 saturated carbocycles. The smallest absolute Gasteiger partial charge is 0.377 e. The van der Waals surface area contributed by atoms with Crippen LogP contribution >= 0.6 is 0 Å². The number of pyridine rings is 1. The summed E-state index contributed by atoms with van der Waals surface area (Å²) in [5.74, 6) is -2.14. The topological polar surface area (TPSA) is 76.5 Å². The minimum atomic E-state index is -1.49. The number of methoxy groups -OCH3 is 1. The van der Waals surface area contributed by atoms with Gasteiger partial charge in [0.2, 0.25) is 5.88 Å². The SMILES string of the molecule is COc1ccc(C(=O)C(=O)O)cn1. The monoisotopic (exact) mass is 181 g/mol. The third-order valence-electron chi connectivity index (χ3n) is 1.40. The van der Waals surface area contributed by atoms with Crippen molar-refractivity contribution in [3.63, 3.8) is 0 Å². The zero-order valence-corrected chi connectivity index (χ0v) is 6.85. The number of aromatic nitrogens is 1. The summed E-state index contributed by atoms with van der Waals surface area (Å²) in [5.41, 5.74) is 0.0355. The lowest BCUT2D eigenvalue weighted by molar-refractivity contribution is -0.131. The Balaban J connectivity index is 2.92. The Morgan fingerprint density at radius 2 is 2.15 bits per heavy atom. The van der Waals surface area contributed by atoms with Crippen LogP contribution in [0.2, 0.25) is 0 Å². The van der Waals surface area contributed by atoms with Crippen LogP contribution in [0.4, 0.5) is 0 Å². The molecule has 0 fully saturated rings. The van der Waals surface area contributed by atoms with Crippen molar-refractivity contribution in [2.45, 2.75) is 0 Å². The lowest BCUT2D eigenvalue weighted by atomic mass is 10.2. The first-order valence-corrected chi connectivity index (χ1v) is 3.43. The van der Waals surface area contributed by atoms with Crippen LogP contribution in [0.1, 0.15) is 10.4 Å². The number of rotatable bonds is 3. The Morgan fingerprint density at radius 1 is 1.46 bits per heavy atom. The quantitative estimate of drug-likeness (QED) is 0.538. The number of aliphatic carboxylic acids is 1. The predicted octanol–water partition coefficient (Wildman–Crippen LogP) is 0.357. The highest BCUT2D eigenvalue weighted by molar-refractivity contribution is 6.39. The van der Waals surface area contributed by atoms with Gasteiger partial charge in [0.05, 0.1) is 7.11 Å². The molecule has 0 bridgehead atoms. The van der Waals surface area contributed by atoms with Crippen molar-refractivity contribution in [3.05, 3.63) is 23.9 Å². The molecule has 1 aromatic heterocycles. The molecule has 0 aliphatic heterocycles. The molecule has 1 rings (SSSR count). The van der Waals surface area contributed by atoms with Crippen LogP contribution in [0.3, 0.4) is 0 Å². The number of carboxylic acids is 1. The van der Waals surface area contributed by atoms with E-state index in [-0.39, 0.29) is 5.56 Å². The molecule has 0 unspecified atom stereocenters. The third kappa shape index (κ3) is 2.02. The van der Waals surface area contributed by atoms with E-state index in [0.29, 0.717) is 5.88 Å². The second-order valence-corrected chi connectivity index (χ2v) is 2.22. The molecule has 68 valence electrons. The predicted molar refractivity (Wildman–Crippen MR) is 42.8 cm³/mol. The van der Waals surface area contributed by atoms with E-state index in [4.69, 9.17) is 9.84 Å². The first-order valence-electron chi connectivity index (χ1n) is 3.43. The van der Waals surface area contributed by atoms with Crippen molar-refractivity contribution in [2.24, 2.45) is 0 Å². The van der Waals surface area contributed by atoms with Gasteiger partial charge in [-0.2, -0.15) is 0 Å². The number of hydrogen-bond donors (Lipinski definition) is 1. The second-order valence-electron chi connectivity index (χ2n) is 2.22. The highest BCUT2D eigenvalue weighted by atomic mass is 16.5. The number of carbonyl (C=O) groups excluding carboxylic acids is 1. The maximum absolute atomic E-state index is 10.9. The number of carboxylic acid groups (broad SMARTS) is 1. The van der Waals surface area contributed by atoms with Crippen molar-refractivity contribution in [1.29, 1.82) is 0 Å². The molecule has 0 atom stereocenters. The van der Waals surface area contributed by atoms with Gasteiger partial charge < -0.3 is 9.84 Å². The van der Waals surface area contributed by atoms with Crippen molar-refractivity contribution in [3.8, 4) is 5.88 Å². The van der Waals surface area contributed by atoms with Crippen LogP contribution in [-0.4, -0.2) is 29.0 Å². The molecule has 0 aromatic carbocycles. The zero-order valence-electron chi connectivity index (χ0n) is 6.85. The van der Waals surface area contributed by atoms with E-state index in [1.54, 1.807) is 0 Å². The average Bonchev–Trinajstić information content (AvgIpc) is 2.17. The molecular formula is C8H7NO4. The van der Waals surface area contributed by atoms with Crippen LogP contribution in [0, 0.1) is 0 Å². The zero-order chi connectivity index (χ0) is 9.84. The molecule has 1 aromatic rings. The fraction of sp³-hybridized carbons (Fsp3) is 0.125.